The molecule has 1 N–H and O–H groups in total. The molecule has 1 amide bonds. The topological polar surface area (TPSA) is 53.0 Å². The van der Waals surface area contributed by atoms with Gasteiger partial charge >= 0.3 is 6.61 Å². The number of piperazine rings is 1. The van der Waals surface area contributed by atoms with Crippen LogP contribution in [0.25, 0.3) is 0 Å². The number of hydrogen-bond donors (Lipinski definition) is 1. The molecule has 1 aliphatic heterocycles. The van der Waals surface area contributed by atoms with Crippen LogP contribution in [0.3, 0.4) is 0 Å². The van der Waals surface area contributed by atoms with Gasteiger partial charge in [-0.2, -0.15) is 8.78 Å². The Morgan fingerprint density at radius 2 is 1.83 bits per heavy atom. The Morgan fingerprint density at radius 3 is 2.33 bits per heavy atom. The van der Waals surface area contributed by atoms with Gasteiger partial charge in [0.25, 0.3) is 0 Å². The van der Waals surface area contributed by atoms with Crippen molar-refractivity contribution in [1.82, 2.24) is 9.80 Å². The average Bonchev–Trinajstić information content (AvgIpc) is 2.58. The Bertz CT molecular complexity index is 513. The maximum atomic E-state index is 12.4. The monoisotopic (exact) mass is 342 g/mol. The molecule has 1 aliphatic rings. The summed E-state index contributed by atoms with van der Waals surface area (Å²) in [7, 11) is 0. The lowest BCUT2D eigenvalue weighted by Crippen LogP contribution is -2.53. The SMILES string of the molecule is CCC(CO)N1CCN(C(=O)Cc2ccc(OC(F)F)cc2)CC1. The molecular formula is C17H24F2N2O3. The van der Waals surface area contributed by atoms with Crippen LogP contribution in [0.1, 0.15) is 18.9 Å². The van der Waals surface area contributed by atoms with Gasteiger partial charge in [0.2, 0.25) is 5.91 Å². The van der Waals surface area contributed by atoms with E-state index in [1.54, 1.807) is 12.1 Å². The third-order valence-corrected chi connectivity index (χ3v) is 4.37. The number of amides is 1. The molecule has 2 rings (SSSR count). The van der Waals surface area contributed by atoms with E-state index in [0.717, 1.165) is 25.1 Å². The van der Waals surface area contributed by atoms with E-state index in [0.29, 0.717) is 13.1 Å². The molecule has 1 fully saturated rings. The van der Waals surface area contributed by atoms with E-state index in [9.17, 15) is 18.7 Å². The van der Waals surface area contributed by atoms with Crippen LogP contribution in [0.2, 0.25) is 0 Å². The Morgan fingerprint density at radius 1 is 1.21 bits per heavy atom. The second kappa shape index (κ2) is 8.94. The Labute approximate surface area is 140 Å². The molecule has 1 aromatic rings. The first-order chi connectivity index (χ1) is 11.5. The first kappa shape index (κ1) is 18.6. The summed E-state index contributed by atoms with van der Waals surface area (Å²) in [6, 6.07) is 6.30. The summed E-state index contributed by atoms with van der Waals surface area (Å²) in [6.07, 6.45) is 1.13. The van der Waals surface area contributed by atoms with Gasteiger partial charge in [-0.15, -0.1) is 0 Å². The fraction of sp³-hybridized carbons (Fsp3) is 0.588. The molecule has 1 unspecified atom stereocenters. The van der Waals surface area contributed by atoms with Crippen LogP contribution in [0, 0.1) is 0 Å². The zero-order valence-electron chi connectivity index (χ0n) is 13.8. The summed E-state index contributed by atoms with van der Waals surface area (Å²) in [5.41, 5.74) is 0.769. The lowest BCUT2D eigenvalue weighted by Gasteiger charge is -2.38. The molecule has 5 nitrogen and oxygen atoms in total. The predicted molar refractivity (Wildman–Crippen MR) is 86.1 cm³/mol. The molecule has 0 aliphatic carbocycles. The van der Waals surface area contributed by atoms with Crippen LogP contribution in [-0.4, -0.2) is 66.3 Å². The summed E-state index contributed by atoms with van der Waals surface area (Å²) in [5.74, 6) is 0.110. The summed E-state index contributed by atoms with van der Waals surface area (Å²) in [6.45, 7) is 2.12. The molecule has 1 heterocycles. The molecule has 24 heavy (non-hydrogen) atoms. The Kier molecular flexibility index (Phi) is 6.93. The number of rotatable bonds is 7. The highest BCUT2D eigenvalue weighted by Gasteiger charge is 2.24. The molecule has 134 valence electrons. The molecule has 0 spiro atoms. The van der Waals surface area contributed by atoms with E-state index in [2.05, 4.69) is 9.64 Å². The van der Waals surface area contributed by atoms with Crippen LogP contribution in [0.5, 0.6) is 5.75 Å². The lowest BCUT2D eigenvalue weighted by atomic mass is 10.1. The second-order valence-corrected chi connectivity index (χ2v) is 5.86. The van der Waals surface area contributed by atoms with Gasteiger partial charge in [0.05, 0.1) is 13.0 Å². The Balaban J connectivity index is 1.83. The molecule has 0 radical (unpaired) electrons. The minimum atomic E-state index is -2.85. The van der Waals surface area contributed by atoms with Crippen molar-refractivity contribution < 1.29 is 23.4 Å². The normalized spacial score (nSPS) is 17.1. The fourth-order valence-electron chi connectivity index (χ4n) is 2.91. The van der Waals surface area contributed by atoms with Crippen molar-refractivity contribution in [3.63, 3.8) is 0 Å². The third kappa shape index (κ3) is 5.14. The first-order valence-electron chi connectivity index (χ1n) is 8.20. The highest BCUT2D eigenvalue weighted by molar-refractivity contribution is 5.79. The van der Waals surface area contributed by atoms with E-state index in [-0.39, 0.29) is 30.7 Å². The molecule has 7 heteroatoms. The second-order valence-electron chi connectivity index (χ2n) is 5.86. The number of benzene rings is 1. The largest absolute Gasteiger partial charge is 0.435 e. The van der Waals surface area contributed by atoms with E-state index < -0.39 is 6.61 Å². The van der Waals surface area contributed by atoms with E-state index in [1.165, 1.54) is 12.1 Å². The van der Waals surface area contributed by atoms with Gasteiger partial charge in [-0.05, 0) is 24.1 Å². The van der Waals surface area contributed by atoms with Crippen molar-refractivity contribution in [2.75, 3.05) is 32.8 Å². The first-order valence-corrected chi connectivity index (χ1v) is 8.20. The molecule has 1 aromatic carbocycles. The summed E-state index contributed by atoms with van der Waals surface area (Å²) in [4.78, 5) is 16.4. The standard InChI is InChI=1S/C17H24F2N2O3/c1-2-14(12-22)20-7-9-21(10-8-20)16(23)11-13-3-5-15(6-4-13)24-17(18)19/h3-6,14,17,22H,2,7-12H2,1H3. The molecule has 1 atom stereocenters. The van der Waals surface area contributed by atoms with Crippen molar-refractivity contribution >= 4 is 5.91 Å². The van der Waals surface area contributed by atoms with Gasteiger partial charge in [-0.25, -0.2) is 0 Å². The zero-order chi connectivity index (χ0) is 17.5. The molecule has 0 aromatic heterocycles. The van der Waals surface area contributed by atoms with Gasteiger partial charge in [-0.3, -0.25) is 9.69 Å². The summed E-state index contributed by atoms with van der Waals surface area (Å²) in [5, 5.41) is 9.35. The van der Waals surface area contributed by atoms with Crippen LogP contribution >= 0.6 is 0 Å². The van der Waals surface area contributed by atoms with Crippen molar-refractivity contribution in [2.45, 2.75) is 32.4 Å². The van der Waals surface area contributed by atoms with E-state index in [1.807, 2.05) is 11.8 Å². The highest BCUT2D eigenvalue weighted by Crippen LogP contribution is 2.16. The van der Waals surface area contributed by atoms with E-state index >= 15 is 0 Å². The van der Waals surface area contributed by atoms with Gasteiger partial charge in [0, 0.05) is 32.2 Å². The van der Waals surface area contributed by atoms with Crippen LogP contribution in [-0.2, 0) is 11.2 Å². The number of alkyl halides is 2. The lowest BCUT2D eigenvalue weighted by molar-refractivity contribution is -0.132. The third-order valence-electron chi connectivity index (χ3n) is 4.37. The minimum Gasteiger partial charge on any atom is -0.435 e. The number of aliphatic hydroxyl groups excluding tert-OH is 1. The number of ether oxygens (including phenoxy) is 1. The highest BCUT2D eigenvalue weighted by atomic mass is 19.3. The predicted octanol–water partition coefficient (Wildman–Crippen LogP) is 1.75. The number of hydrogen-bond acceptors (Lipinski definition) is 4. The number of halogens is 2. The van der Waals surface area contributed by atoms with Crippen molar-refractivity contribution in [3.05, 3.63) is 29.8 Å². The Hall–Kier alpha value is -1.73. The maximum Gasteiger partial charge on any atom is 0.387 e. The summed E-state index contributed by atoms with van der Waals surface area (Å²) >= 11 is 0. The number of carbonyl (C=O) groups is 1. The van der Waals surface area contributed by atoms with Crippen LogP contribution in [0.15, 0.2) is 24.3 Å². The van der Waals surface area contributed by atoms with Crippen molar-refractivity contribution in [2.24, 2.45) is 0 Å². The molecule has 0 saturated carbocycles. The fourth-order valence-corrected chi connectivity index (χ4v) is 2.91. The van der Waals surface area contributed by atoms with Crippen LogP contribution in [0.4, 0.5) is 8.78 Å². The maximum absolute atomic E-state index is 12.4. The number of carbonyl (C=O) groups excluding carboxylic acids is 1. The van der Waals surface area contributed by atoms with Gasteiger partial charge in [0.15, 0.2) is 0 Å². The molecule has 1 saturated heterocycles. The van der Waals surface area contributed by atoms with Gasteiger partial charge in [-0.1, -0.05) is 19.1 Å². The smallest absolute Gasteiger partial charge is 0.387 e. The summed E-state index contributed by atoms with van der Waals surface area (Å²) < 4.78 is 28.5. The average molecular weight is 342 g/mol. The zero-order valence-corrected chi connectivity index (χ0v) is 13.8. The van der Waals surface area contributed by atoms with Crippen molar-refractivity contribution in [1.29, 1.82) is 0 Å². The van der Waals surface area contributed by atoms with Gasteiger partial charge in [0.1, 0.15) is 5.75 Å². The van der Waals surface area contributed by atoms with E-state index in [4.69, 9.17) is 0 Å². The van der Waals surface area contributed by atoms with Gasteiger partial charge < -0.3 is 14.7 Å². The number of nitrogens with zero attached hydrogens (tertiary/aromatic N) is 2. The number of aliphatic hydroxyl groups is 1. The minimum absolute atomic E-state index is 0.0224. The molecular weight excluding hydrogens is 318 g/mol. The van der Waals surface area contributed by atoms with Crippen LogP contribution < -0.4 is 4.74 Å². The molecule has 0 bridgehead atoms. The quantitative estimate of drug-likeness (QED) is 0.820. The van der Waals surface area contributed by atoms with Crippen molar-refractivity contribution in [3.8, 4) is 5.75 Å².